The molecule has 1 atom stereocenters. The molecule has 0 aliphatic heterocycles. The summed E-state index contributed by atoms with van der Waals surface area (Å²) in [4.78, 5) is 11.5. The van der Waals surface area contributed by atoms with E-state index >= 15 is 0 Å². The summed E-state index contributed by atoms with van der Waals surface area (Å²) < 4.78 is 0. The van der Waals surface area contributed by atoms with E-state index in [0.717, 1.165) is 6.42 Å². The molecule has 1 unspecified atom stereocenters. The van der Waals surface area contributed by atoms with Crippen LogP contribution in [0.15, 0.2) is 0 Å². The highest BCUT2D eigenvalue weighted by molar-refractivity contribution is 5.78. The van der Waals surface area contributed by atoms with Crippen molar-refractivity contribution < 1.29 is 4.79 Å². The topological polar surface area (TPSA) is 17.1 Å². The fourth-order valence-corrected chi connectivity index (χ4v) is 2.86. The SMILES string of the molecule is CCCCCCCCCCCCC(C(C)=O)C(C)C. The molecule has 1 heteroatoms. The van der Waals surface area contributed by atoms with Crippen molar-refractivity contribution in [3.8, 4) is 0 Å². The summed E-state index contributed by atoms with van der Waals surface area (Å²) in [6.45, 7) is 8.36. The molecule has 0 bridgehead atoms. The van der Waals surface area contributed by atoms with E-state index in [4.69, 9.17) is 0 Å². The number of ketones is 1. The van der Waals surface area contributed by atoms with Gasteiger partial charge in [-0.15, -0.1) is 0 Å². The van der Waals surface area contributed by atoms with Gasteiger partial charge in [0.05, 0.1) is 0 Å². The van der Waals surface area contributed by atoms with Crippen LogP contribution in [-0.4, -0.2) is 5.78 Å². The Balaban J connectivity index is 3.32. The third kappa shape index (κ3) is 11.2. The molecule has 0 fully saturated rings. The van der Waals surface area contributed by atoms with Crippen molar-refractivity contribution in [2.24, 2.45) is 11.8 Å². The first-order chi connectivity index (χ1) is 9.09. The Bertz CT molecular complexity index is 208. The van der Waals surface area contributed by atoms with Crippen LogP contribution in [0.2, 0.25) is 0 Å². The average molecular weight is 268 g/mol. The van der Waals surface area contributed by atoms with E-state index in [1.54, 1.807) is 6.92 Å². The molecular weight excluding hydrogens is 232 g/mol. The van der Waals surface area contributed by atoms with E-state index in [0.29, 0.717) is 17.6 Å². The quantitative estimate of drug-likeness (QED) is 0.366. The molecule has 0 spiro atoms. The van der Waals surface area contributed by atoms with E-state index in [9.17, 15) is 4.79 Å². The molecule has 0 aliphatic rings. The highest BCUT2D eigenvalue weighted by Gasteiger charge is 2.17. The highest BCUT2D eigenvalue weighted by atomic mass is 16.1. The largest absolute Gasteiger partial charge is 0.300 e. The molecule has 0 aromatic heterocycles. The lowest BCUT2D eigenvalue weighted by Gasteiger charge is -2.17. The Morgan fingerprint density at radius 2 is 1.21 bits per heavy atom. The van der Waals surface area contributed by atoms with Crippen LogP contribution < -0.4 is 0 Å². The molecule has 1 nitrogen and oxygen atoms in total. The summed E-state index contributed by atoms with van der Waals surface area (Å²) in [5.74, 6) is 1.19. The first-order valence-electron chi connectivity index (χ1n) is 8.60. The predicted octanol–water partition coefficient (Wildman–Crippen LogP) is 6.16. The van der Waals surface area contributed by atoms with Gasteiger partial charge in [0, 0.05) is 5.92 Å². The van der Waals surface area contributed by atoms with Crippen molar-refractivity contribution in [2.45, 2.75) is 98.3 Å². The molecule has 0 amide bonds. The molecule has 19 heavy (non-hydrogen) atoms. The van der Waals surface area contributed by atoms with Crippen molar-refractivity contribution in [3.05, 3.63) is 0 Å². The predicted molar refractivity (Wildman–Crippen MR) is 85.5 cm³/mol. The zero-order valence-electron chi connectivity index (χ0n) is 13.8. The highest BCUT2D eigenvalue weighted by Crippen LogP contribution is 2.20. The molecular formula is C18H36O. The summed E-state index contributed by atoms with van der Waals surface area (Å²) in [5.41, 5.74) is 0. The van der Waals surface area contributed by atoms with Crippen molar-refractivity contribution in [2.75, 3.05) is 0 Å². The van der Waals surface area contributed by atoms with Gasteiger partial charge in [0.15, 0.2) is 0 Å². The zero-order chi connectivity index (χ0) is 14.5. The van der Waals surface area contributed by atoms with Gasteiger partial charge in [-0.1, -0.05) is 85.0 Å². The third-order valence-electron chi connectivity index (χ3n) is 4.20. The standard InChI is InChI=1S/C18H36O/c1-5-6-7-8-9-10-11-12-13-14-15-18(16(2)3)17(4)19/h16,18H,5-15H2,1-4H3. The number of hydrogen-bond acceptors (Lipinski definition) is 1. The van der Waals surface area contributed by atoms with Crippen molar-refractivity contribution >= 4 is 5.78 Å². The fraction of sp³-hybridized carbons (Fsp3) is 0.944. The van der Waals surface area contributed by atoms with E-state index < -0.39 is 0 Å². The Hall–Kier alpha value is -0.330. The maximum atomic E-state index is 11.5. The normalized spacial score (nSPS) is 12.9. The lowest BCUT2D eigenvalue weighted by molar-refractivity contribution is -0.122. The Labute approximate surface area is 121 Å². The minimum atomic E-state index is 0.300. The zero-order valence-corrected chi connectivity index (χ0v) is 13.8. The molecule has 0 heterocycles. The van der Waals surface area contributed by atoms with Gasteiger partial charge in [-0.3, -0.25) is 4.79 Å². The van der Waals surface area contributed by atoms with Gasteiger partial charge in [0.1, 0.15) is 5.78 Å². The molecule has 0 rings (SSSR count). The number of Topliss-reactive ketones (excluding diaryl/α,β-unsaturated/α-hetero) is 1. The summed E-state index contributed by atoms with van der Waals surface area (Å²) in [5, 5.41) is 0. The number of carbonyl (C=O) groups excluding carboxylic acids is 1. The second-order valence-electron chi connectivity index (χ2n) is 6.43. The van der Waals surface area contributed by atoms with Crippen LogP contribution in [0.3, 0.4) is 0 Å². The van der Waals surface area contributed by atoms with E-state index in [1.165, 1.54) is 64.2 Å². The Kier molecular flexibility index (Phi) is 12.5. The maximum Gasteiger partial charge on any atom is 0.133 e. The third-order valence-corrected chi connectivity index (χ3v) is 4.20. The summed E-state index contributed by atoms with van der Waals surface area (Å²) in [7, 11) is 0. The van der Waals surface area contributed by atoms with Gasteiger partial charge < -0.3 is 0 Å². The second-order valence-corrected chi connectivity index (χ2v) is 6.43. The number of hydrogen-bond donors (Lipinski definition) is 0. The Morgan fingerprint density at radius 1 is 0.789 bits per heavy atom. The minimum absolute atomic E-state index is 0.300. The van der Waals surface area contributed by atoms with Crippen LogP contribution in [0.5, 0.6) is 0 Å². The minimum Gasteiger partial charge on any atom is -0.300 e. The van der Waals surface area contributed by atoms with Crippen LogP contribution in [0, 0.1) is 11.8 Å². The van der Waals surface area contributed by atoms with E-state index in [2.05, 4.69) is 20.8 Å². The first kappa shape index (κ1) is 18.7. The fourth-order valence-electron chi connectivity index (χ4n) is 2.86. The van der Waals surface area contributed by atoms with Crippen LogP contribution >= 0.6 is 0 Å². The van der Waals surface area contributed by atoms with Gasteiger partial charge in [-0.2, -0.15) is 0 Å². The van der Waals surface area contributed by atoms with Crippen LogP contribution in [0.1, 0.15) is 98.3 Å². The van der Waals surface area contributed by atoms with Crippen LogP contribution in [0.4, 0.5) is 0 Å². The van der Waals surface area contributed by atoms with Crippen molar-refractivity contribution in [1.29, 1.82) is 0 Å². The number of rotatable bonds is 13. The summed E-state index contributed by atoms with van der Waals surface area (Å²) in [6, 6.07) is 0. The van der Waals surface area contributed by atoms with E-state index in [-0.39, 0.29) is 0 Å². The lowest BCUT2D eigenvalue weighted by atomic mass is 9.87. The second kappa shape index (κ2) is 12.7. The molecule has 0 saturated carbocycles. The van der Waals surface area contributed by atoms with Gasteiger partial charge in [-0.25, -0.2) is 0 Å². The number of carbonyl (C=O) groups is 1. The smallest absolute Gasteiger partial charge is 0.133 e. The van der Waals surface area contributed by atoms with Gasteiger partial charge in [0.2, 0.25) is 0 Å². The van der Waals surface area contributed by atoms with Crippen LogP contribution in [-0.2, 0) is 4.79 Å². The first-order valence-corrected chi connectivity index (χ1v) is 8.60. The van der Waals surface area contributed by atoms with Gasteiger partial charge >= 0.3 is 0 Å². The molecule has 0 saturated heterocycles. The Morgan fingerprint density at radius 3 is 1.58 bits per heavy atom. The van der Waals surface area contributed by atoms with Crippen molar-refractivity contribution in [3.63, 3.8) is 0 Å². The van der Waals surface area contributed by atoms with Crippen molar-refractivity contribution in [1.82, 2.24) is 0 Å². The monoisotopic (exact) mass is 268 g/mol. The van der Waals surface area contributed by atoms with Crippen LogP contribution in [0.25, 0.3) is 0 Å². The molecule has 0 aromatic carbocycles. The van der Waals surface area contributed by atoms with Gasteiger partial charge in [0.25, 0.3) is 0 Å². The molecule has 0 aliphatic carbocycles. The summed E-state index contributed by atoms with van der Waals surface area (Å²) >= 11 is 0. The number of unbranched alkanes of at least 4 members (excludes halogenated alkanes) is 9. The summed E-state index contributed by atoms with van der Waals surface area (Å²) in [6.07, 6.45) is 14.8. The molecule has 0 radical (unpaired) electrons. The lowest BCUT2D eigenvalue weighted by Crippen LogP contribution is -2.17. The molecule has 114 valence electrons. The maximum absolute atomic E-state index is 11.5. The molecule has 0 aromatic rings. The van der Waals surface area contributed by atoms with Gasteiger partial charge in [-0.05, 0) is 19.3 Å². The average Bonchev–Trinajstić information content (AvgIpc) is 2.35. The molecule has 0 N–H and O–H groups in total. The van der Waals surface area contributed by atoms with E-state index in [1.807, 2.05) is 0 Å².